The van der Waals surface area contributed by atoms with Crippen molar-refractivity contribution in [1.29, 1.82) is 0 Å². The standard InChI is InChI=1S/C19H14ClFN2O4S/c1-12(24)27-19-10-18(23-28(25,26)15-6-3-7-22-11-15)16(9-17(19)20)13-4-2-5-14(21)8-13/h2-11,23H,1H3. The van der Waals surface area contributed by atoms with E-state index in [1.807, 2.05) is 0 Å². The Morgan fingerprint density at radius 1 is 1.18 bits per heavy atom. The van der Waals surface area contributed by atoms with Gasteiger partial charge < -0.3 is 4.74 Å². The predicted molar refractivity (Wildman–Crippen MR) is 103 cm³/mol. The smallest absolute Gasteiger partial charge is 0.308 e. The van der Waals surface area contributed by atoms with E-state index >= 15 is 0 Å². The Morgan fingerprint density at radius 3 is 2.61 bits per heavy atom. The van der Waals surface area contributed by atoms with Gasteiger partial charge in [-0.2, -0.15) is 0 Å². The van der Waals surface area contributed by atoms with Crippen LogP contribution in [0.15, 0.2) is 65.8 Å². The number of aromatic nitrogens is 1. The molecule has 3 rings (SSSR count). The SMILES string of the molecule is CC(=O)Oc1cc(NS(=O)(=O)c2cccnc2)c(-c2cccc(F)c2)cc1Cl. The third-order valence-corrected chi connectivity index (χ3v) is 5.30. The number of sulfonamides is 1. The van der Waals surface area contributed by atoms with Crippen molar-refractivity contribution in [3.05, 3.63) is 71.8 Å². The highest BCUT2D eigenvalue weighted by molar-refractivity contribution is 7.92. The van der Waals surface area contributed by atoms with Crippen molar-refractivity contribution < 1.29 is 22.3 Å². The van der Waals surface area contributed by atoms with E-state index in [1.54, 1.807) is 6.07 Å². The van der Waals surface area contributed by atoms with Crippen molar-refractivity contribution in [2.75, 3.05) is 4.72 Å². The van der Waals surface area contributed by atoms with Gasteiger partial charge in [-0.25, -0.2) is 12.8 Å². The molecule has 0 aliphatic carbocycles. The maximum absolute atomic E-state index is 13.7. The maximum atomic E-state index is 13.7. The quantitative estimate of drug-likeness (QED) is 0.492. The molecule has 0 aliphatic heterocycles. The van der Waals surface area contributed by atoms with Gasteiger partial charge in [-0.3, -0.25) is 14.5 Å². The lowest BCUT2D eigenvalue weighted by atomic mass is 10.0. The van der Waals surface area contributed by atoms with Crippen LogP contribution in [0.4, 0.5) is 10.1 Å². The van der Waals surface area contributed by atoms with Gasteiger partial charge in [0.2, 0.25) is 0 Å². The van der Waals surface area contributed by atoms with E-state index in [0.29, 0.717) is 11.1 Å². The Morgan fingerprint density at radius 2 is 1.96 bits per heavy atom. The maximum Gasteiger partial charge on any atom is 0.308 e. The normalized spacial score (nSPS) is 11.1. The van der Waals surface area contributed by atoms with E-state index in [4.69, 9.17) is 16.3 Å². The highest BCUT2D eigenvalue weighted by Crippen LogP contribution is 2.38. The minimum Gasteiger partial charge on any atom is -0.425 e. The van der Waals surface area contributed by atoms with Crippen molar-refractivity contribution in [3.8, 4) is 16.9 Å². The van der Waals surface area contributed by atoms with Crippen LogP contribution < -0.4 is 9.46 Å². The highest BCUT2D eigenvalue weighted by atomic mass is 35.5. The van der Waals surface area contributed by atoms with Gasteiger partial charge in [0.05, 0.1) is 10.7 Å². The summed E-state index contributed by atoms with van der Waals surface area (Å²) >= 11 is 6.17. The number of benzene rings is 2. The summed E-state index contributed by atoms with van der Waals surface area (Å²) in [7, 11) is -4.00. The van der Waals surface area contributed by atoms with Gasteiger partial charge in [-0.1, -0.05) is 23.7 Å². The highest BCUT2D eigenvalue weighted by Gasteiger charge is 2.20. The molecular formula is C19H14ClFN2O4S. The topological polar surface area (TPSA) is 85.4 Å². The summed E-state index contributed by atoms with van der Waals surface area (Å²) in [5.41, 5.74) is 0.767. The van der Waals surface area contributed by atoms with Crippen LogP contribution in [0.3, 0.4) is 0 Å². The molecule has 0 fully saturated rings. The van der Waals surface area contributed by atoms with Gasteiger partial charge in [0, 0.05) is 30.9 Å². The van der Waals surface area contributed by atoms with Crippen LogP contribution in [-0.4, -0.2) is 19.4 Å². The zero-order valence-electron chi connectivity index (χ0n) is 14.5. The molecule has 1 aromatic heterocycles. The molecule has 0 radical (unpaired) electrons. The number of anilines is 1. The van der Waals surface area contributed by atoms with E-state index in [0.717, 1.165) is 0 Å². The first-order chi connectivity index (χ1) is 13.3. The lowest BCUT2D eigenvalue weighted by Gasteiger charge is -2.15. The predicted octanol–water partition coefficient (Wildman–Crippen LogP) is 4.27. The van der Waals surface area contributed by atoms with Crippen LogP contribution in [0.2, 0.25) is 5.02 Å². The summed E-state index contributed by atoms with van der Waals surface area (Å²) in [6, 6.07) is 11.1. The number of halogens is 2. The minimum absolute atomic E-state index is 0.0294. The molecule has 0 atom stereocenters. The molecule has 2 aromatic carbocycles. The first-order valence-corrected chi connectivity index (χ1v) is 9.83. The Hall–Kier alpha value is -2.97. The van der Waals surface area contributed by atoms with Crippen molar-refractivity contribution in [2.45, 2.75) is 11.8 Å². The number of hydrogen-bond acceptors (Lipinski definition) is 5. The van der Waals surface area contributed by atoms with E-state index in [9.17, 15) is 17.6 Å². The van der Waals surface area contributed by atoms with Crippen molar-refractivity contribution in [2.24, 2.45) is 0 Å². The first-order valence-electron chi connectivity index (χ1n) is 7.97. The van der Waals surface area contributed by atoms with Gasteiger partial charge in [-0.05, 0) is 35.9 Å². The monoisotopic (exact) mass is 420 g/mol. The Bertz CT molecular complexity index is 1140. The molecule has 6 nitrogen and oxygen atoms in total. The Balaban J connectivity index is 2.15. The number of nitrogens with one attached hydrogen (secondary N) is 1. The lowest BCUT2D eigenvalue weighted by molar-refractivity contribution is -0.131. The Kier molecular flexibility index (Phi) is 5.62. The average molecular weight is 421 g/mol. The molecule has 0 saturated carbocycles. The zero-order chi connectivity index (χ0) is 20.3. The molecule has 1 N–H and O–H groups in total. The van der Waals surface area contributed by atoms with Gasteiger partial charge in [-0.15, -0.1) is 0 Å². The summed E-state index contributed by atoms with van der Waals surface area (Å²) in [6.45, 7) is 1.19. The van der Waals surface area contributed by atoms with Crippen molar-refractivity contribution >= 4 is 33.3 Å². The molecule has 0 amide bonds. The lowest BCUT2D eigenvalue weighted by Crippen LogP contribution is -2.14. The molecule has 144 valence electrons. The van der Waals surface area contributed by atoms with Crippen LogP contribution >= 0.6 is 11.6 Å². The van der Waals surface area contributed by atoms with Gasteiger partial charge in [0.15, 0.2) is 5.75 Å². The van der Waals surface area contributed by atoms with Gasteiger partial charge >= 0.3 is 5.97 Å². The summed E-state index contributed by atoms with van der Waals surface area (Å²) in [6.07, 6.45) is 2.63. The fourth-order valence-electron chi connectivity index (χ4n) is 2.48. The summed E-state index contributed by atoms with van der Waals surface area (Å²) in [4.78, 5) is 15.0. The number of pyridine rings is 1. The number of carbonyl (C=O) groups excluding carboxylic acids is 1. The molecule has 0 bridgehead atoms. The number of carbonyl (C=O) groups is 1. The van der Waals surface area contributed by atoms with Gasteiger partial charge in [0.25, 0.3) is 10.0 Å². The first kappa shape index (κ1) is 19.8. The van der Waals surface area contributed by atoms with E-state index in [1.165, 1.54) is 61.8 Å². The second-order valence-electron chi connectivity index (χ2n) is 5.73. The molecule has 9 heteroatoms. The van der Waals surface area contributed by atoms with E-state index in [-0.39, 0.29) is 21.4 Å². The fraction of sp³-hybridized carbons (Fsp3) is 0.0526. The van der Waals surface area contributed by atoms with Crippen LogP contribution in [-0.2, 0) is 14.8 Å². The molecule has 1 heterocycles. The molecular weight excluding hydrogens is 407 g/mol. The third kappa shape index (κ3) is 4.47. The Labute approximate surface area is 166 Å². The molecule has 0 spiro atoms. The number of hydrogen-bond donors (Lipinski definition) is 1. The van der Waals surface area contributed by atoms with Crippen LogP contribution in [0.5, 0.6) is 5.75 Å². The largest absolute Gasteiger partial charge is 0.425 e. The van der Waals surface area contributed by atoms with Crippen LogP contribution in [0, 0.1) is 5.82 Å². The van der Waals surface area contributed by atoms with Gasteiger partial charge in [0.1, 0.15) is 10.7 Å². The van der Waals surface area contributed by atoms with Crippen molar-refractivity contribution in [1.82, 2.24) is 4.98 Å². The van der Waals surface area contributed by atoms with Crippen molar-refractivity contribution in [3.63, 3.8) is 0 Å². The summed E-state index contributed by atoms with van der Waals surface area (Å²) in [5, 5.41) is 0.0683. The molecule has 3 aromatic rings. The second-order valence-corrected chi connectivity index (χ2v) is 7.82. The molecule has 0 aliphatic rings. The van der Waals surface area contributed by atoms with Crippen LogP contribution in [0.25, 0.3) is 11.1 Å². The molecule has 0 saturated heterocycles. The number of rotatable bonds is 5. The summed E-state index contributed by atoms with van der Waals surface area (Å²) < 4.78 is 46.5. The number of nitrogens with zero attached hydrogens (tertiary/aromatic N) is 1. The molecule has 28 heavy (non-hydrogen) atoms. The zero-order valence-corrected chi connectivity index (χ0v) is 16.1. The van der Waals surface area contributed by atoms with Crippen LogP contribution in [0.1, 0.15) is 6.92 Å². The average Bonchev–Trinajstić information content (AvgIpc) is 2.64. The number of esters is 1. The fourth-order valence-corrected chi connectivity index (χ4v) is 3.71. The number of ether oxygens (including phenoxy) is 1. The summed E-state index contributed by atoms with van der Waals surface area (Å²) in [5.74, 6) is -1.15. The van der Waals surface area contributed by atoms with E-state index < -0.39 is 21.8 Å². The second kappa shape index (κ2) is 7.95. The van der Waals surface area contributed by atoms with E-state index in [2.05, 4.69) is 9.71 Å². The minimum atomic E-state index is -4.00. The molecule has 0 unspecified atom stereocenters. The third-order valence-electron chi connectivity index (χ3n) is 3.65.